The summed E-state index contributed by atoms with van der Waals surface area (Å²) in [5.41, 5.74) is 0.599. The lowest BCUT2D eigenvalue weighted by molar-refractivity contribution is -0.0950. The summed E-state index contributed by atoms with van der Waals surface area (Å²) < 4.78 is 7.24. The van der Waals surface area contributed by atoms with Crippen LogP contribution in [0.2, 0.25) is 0 Å². The van der Waals surface area contributed by atoms with E-state index in [1.165, 1.54) is 25.1 Å². The average Bonchev–Trinajstić information content (AvgIpc) is 3.22. The van der Waals surface area contributed by atoms with E-state index in [0.717, 1.165) is 6.42 Å². The number of aliphatic hydroxyl groups is 3. The van der Waals surface area contributed by atoms with Gasteiger partial charge in [0.15, 0.2) is 23.2 Å². The Bertz CT molecular complexity index is 977. The molecule has 1 fully saturated rings. The van der Waals surface area contributed by atoms with Gasteiger partial charge in [0.05, 0.1) is 12.9 Å². The number of hydrogen-bond acceptors (Lipinski definition) is 8. The van der Waals surface area contributed by atoms with E-state index in [2.05, 4.69) is 39.3 Å². The maximum absolute atomic E-state index is 10.7. The van der Waals surface area contributed by atoms with Crippen molar-refractivity contribution in [3.8, 4) is 0 Å². The van der Waals surface area contributed by atoms with Gasteiger partial charge in [-0.1, -0.05) is 30.3 Å². The van der Waals surface area contributed by atoms with Crippen LogP contribution in [0.3, 0.4) is 0 Å². The lowest BCUT2D eigenvalue weighted by Crippen LogP contribution is -2.44. The van der Waals surface area contributed by atoms with E-state index in [9.17, 15) is 15.3 Å². The van der Waals surface area contributed by atoms with Crippen molar-refractivity contribution in [2.45, 2.75) is 50.3 Å². The highest BCUT2D eigenvalue weighted by Crippen LogP contribution is 2.39. The molecule has 3 aromatic rings. The van der Waals surface area contributed by atoms with Crippen LogP contribution in [0.25, 0.3) is 11.2 Å². The molecule has 0 aliphatic carbocycles. The first-order chi connectivity index (χ1) is 13.9. The van der Waals surface area contributed by atoms with E-state index in [0.29, 0.717) is 17.0 Å². The van der Waals surface area contributed by atoms with Crippen LogP contribution < -0.4 is 5.32 Å². The number of fused-ring (bicyclic) bond motifs is 1. The molecular formula is C20H25N5O4. The molecule has 0 saturated carbocycles. The van der Waals surface area contributed by atoms with Crippen LogP contribution in [0.15, 0.2) is 43.0 Å². The second-order valence-electron chi connectivity index (χ2n) is 7.66. The Morgan fingerprint density at radius 2 is 2.00 bits per heavy atom. The van der Waals surface area contributed by atoms with Crippen LogP contribution in [0.4, 0.5) is 5.82 Å². The molecule has 2 aromatic heterocycles. The number of benzene rings is 1. The number of anilines is 1. The molecule has 1 aliphatic rings. The van der Waals surface area contributed by atoms with Gasteiger partial charge in [-0.15, -0.1) is 0 Å². The molecule has 1 unspecified atom stereocenters. The van der Waals surface area contributed by atoms with Crippen molar-refractivity contribution in [3.05, 3.63) is 48.5 Å². The number of imidazole rings is 1. The first-order valence-electron chi connectivity index (χ1n) is 9.56. The van der Waals surface area contributed by atoms with Crippen LogP contribution in [-0.4, -0.2) is 65.3 Å². The monoisotopic (exact) mass is 399 g/mol. The van der Waals surface area contributed by atoms with Crippen molar-refractivity contribution in [1.82, 2.24) is 19.5 Å². The Kier molecular flexibility index (Phi) is 5.22. The quantitative estimate of drug-likeness (QED) is 0.481. The Morgan fingerprint density at radius 1 is 1.24 bits per heavy atom. The summed E-state index contributed by atoms with van der Waals surface area (Å²) >= 11 is 0. The van der Waals surface area contributed by atoms with Gasteiger partial charge in [0, 0.05) is 6.04 Å². The van der Waals surface area contributed by atoms with Gasteiger partial charge in [-0.05, 0) is 25.8 Å². The minimum atomic E-state index is -1.61. The Hall–Kier alpha value is -2.59. The Labute approximate surface area is 168 Å². The number of aliphatic hydroxyl groups excluding tert-OH is 2. The third kappa shape index (κ3) is 3.58. The molecule has 0 amide bonds. The fourth-order valence-corrected chi connectivity index (χ4v) is 3.77. The molecule has 1 aromatic carbocycles. The highest BCUT2D eigenvalue weighted by Gasteiger charge is 2.53. The van der Waals surface area contributed by atoms with Gasteiger partial charge in [-0.25, -0.2) is 15.0 Å². The first kappa shape index (κ1) is 19.7. The third-order valence-corrected chi connectivity index (χ3v) is 5.31. The Balaban J connectivity index is 1.60. The number of nitrogens with zero attached hydrogens (tertiary/aromatic N) is 4. The lowest BCUT2D eigenvalue weighted by Gasteiger charge is -2.27. The zero-order valence-electron chi connectivity index (χ0n) is 16.3. The molecule has 1 saturated heterocycles. The third-order valence-electron chi connectivity index (χ3n) is 5.31. The number of ether oxygens (including phenoxy) is 1. The van der Waals surface area contributed by atoms with Crippen LogP contribution in [0.5, 0.6) is 0 Å². The van der Waals surface area contributed by atoms with E-state index in [-0.39, 0.29) is 6.04 Å². The van der Waals surface area contributed by atoms with Crippen LogP contribution in [0.1, 0.15) is 25.6 Å². The summed E-state index contributed by atoms with van der Waals surface area (Å²) in [7, 11) is 0. The molecule has 4 N–H and O–H groups in total. The van der Waals surface area contributed by atoms with E-state index in [1.807, 2.05) is 18.2 Å². The van der Waals surface area contributed by atoms with Gasteiger partial charge in [-0.2, -0.15) is 0 Å². The fourth-order valence-electron chi connectivity index (χ4n) is 3.77. The zero-order valence-corrected chi connectivity index (χ0v) is 16.3. The Morgan fingerprint density at radius 3 is 2.69 bits per heavy atom. The predicted octanol–water partition coefficient (Wildman–Crippen LogP) is 0.871. The van der Waals surface area contributed by atoms with Crippen molar-refractivity contribution in [2.24, 2.45) is 0 Å². The molecule has 1 aliphatic heterocycles. The molecule has 0 bridgehead atoms. The molecular weight excluding hydrogens is 374 g/mol. The van der Waals surface area contributed by atoms with E-state index in [1.54, 1.807) is 4.57 Å². The molecule has 4 rings (SSSR count). The topological polar surface area (TPSA) is 126 Å². The number of rotatable bonds is 6. The van der Waals surface area contributed by atoms with Crippen LogP contribution in [-0.2, 0) is 11.2 Å². The van der Waals surface area contributed by atoms with E-state index >= 15 is 0 Å². The average molecular weight is 399 g/mol. The fraction of sp³-hybridized carbons (Fsp3) is 0.450. The van der Waals surface area contributed by atoms with E-state index < -0.39 is 30.6 Å². The van der Waals surface area contributed by atoms with Gasteiger partial charge in [-0.3, -0.25) is 4.57 Å². The summed E-state index contributed by atoms with van der Waals surface area (Å²) in [5, 5.41) is 33.8. The molecule has 154 valence electrons. The number of aromatic nitrogens is 4. The van der Waals surface area contributed by atoms with Crippen molar-refractivity contribution in [1.29, 1.82) is 0 Å². The van der Waals surface area contributed by atoms with Crippen molar-refractivity contribution in [2.75, 3.05) is 11.9 Å². The summed E-state index contributed by atoms with van der Waals surface area (Å²) in [6.07, 6.45) is 0.666. The summed E-state index contributed by atoms with van der Waals surface area (Å²) in [6, 6.07) is 10.3. The van der Waals surface area contributed by atoms with Crippen molar-refractivity contribution < 1.29 is 20.1 Å². The van der Waals surface area contributed by atoms with Gasteiger partial charge in [0.2, 0.25) is 0 Å². The second-order valence-corrected chi connectivity index (χ2v) is 7.66. The minimum Gasteiger partial charge on any atom is -0.394 e. The standard InChI is InChI=1S/C20H25N5O4/c1-12(8-13-6-4-3-5-7-13)24-17-15-18(22-10-21-17)25(11-23-15)19-20(2,28)16(27)14(9-26)29-19/h3-7,10-12,14,16,19,26-28H,8-9H2,1-2H3,(H,21,22,24)/t12?,14-,16-,19-,20-/m1/s1. The van der Waals surface area contributed by atoms with Crippen LogP contribution >= 0.6 is 0 Å². The maximum atomic E-state index is 10.7. The molecule has 9 nitrogen and oxygen atoms in total. The molecule has 0 radical (unpaired) electrons. The van der Waals surface area contributed by atoms with Gasteiger partial charge in [0.1, 0.15) is 24.1 Å². The predicted molar refractivity (Wildman–Crippen MR) is 106 cm³/mol. The lowest BCUT2D eigenvalue weighted by atomic mass is 9.96. The molecule has 29 heavy (non-hydrogen) atoms. The molecule has 3 heterocycles. The number of nitrogens with one attached hydrogen (secondary N) is 1. The van der Waals surface area contributed by atoms with E-state index in [4.69, 9.17) is 4.74 Å². The summed E-state index contributed by atoms with van der Waals surface area (Å²) in [6.45, 7) is 3.12. The summed E-state index contributed by atoms with van der Waals surface area (Å²) in [5.74, 6) is 0.578. The molecule has 5 atom stereocenters. The SMILES string of the molecule is CC(Cc1ccccc1)Nc1ncnc2c1ncn2[C@@H]1O[C@H](CO)[C@@H](O)[C@@]1(C)O. The van der Waals surface area contributed by atoms with Crippen molar-refractivity contribution >= 4 is 17.0 Å². The minimum absolute atomic E-state index is 0.104. The van der Waals surface area contributed by atoms with Gasteiger partial charge >= 0.3 is 0 Å². The highest BCUT2D eigenvalue weighted by atomic mass is 16.6. The first-order valence-corrected chi connectivity index (χ1v) is 9.56. The largest absolute Gasteiger partial charge is 0.394 e. The maximum Gasteiger partial charge on any atom is 0.168 e. The summed E-state index contributed by atoms with van der Waals surface area (Å²) in [4.78, 5) is 13.0. The highest BCUT2D eigenvalue weighted by molar-refractivity contribution is 5.82. The number of hydrogen-bond donors (Lipinski definition) is 4. The smallest absolute Gasteiger partial charge is 0.168 e. The normalized spacial score (nSPS) is 28.0. The molecule has 9 heteroatoms. The molecule has 0 spiro atoms. The zero-order chi connectivity index (χ0) is 20.6. The van der Waals surface area contributed by atoms with Crippen LogP contribution in [0, 0.1) is 0 Å². The van der Waals surface area contributed by atoms with Gasteiger partial charge < -0.3 is 25.4 Å². The van der Waals surface area contributed by atoms with Crippen molar-refractivity contribution in [3.63, 3.8) is 0 Å². The van der Waals surface area contributed by atoms with Gasteiger partial charge in [0.25, 0.3) is 0 Å². The second kappa shape index (κ2) is 7.68.